The third-order valence-electron chi connectivity index (χ3n) is 4.23. The molecule has 1 N–H and O–H groups in total. The summed E-state index contributed by atoms with van der Waals surface area (Å²) in [6, 6.07) is 14.0. The molecule has 0 aliphatic heterocycles. The predicted molar refractivity (Wildman–Crippen MR) is 106 cm³/mol. The van der Waals surface area contributed by atoms with E-state index in [-0.39, 0.29) is 22.6 Å². The van der Waals surface area contributed by atoms with Gasteiger partial charge in [0, 0.05) is 5.56 Å². The third kappa shape index (κ3) is 3.67. The Hall–Kier alpha value is -3.72. The first-order valence-electron chi connectivity index (χ1n) is 8.58. The molecule has 144 valence electrons. The van der Waals surface area contributed by atoms with Crippen LogP contribution in [0, 0.1) is 12.7 Å². The Morgan fingerprint density at radius 1 is 1.07 bits per heavy atom. The van der Waals surface area contributed by atoms with Crippen LogP contribution in [-0.4, -0.2) is 31.9 Å². The smallest absolute Gasteiger partial charge is 0.256 e. The monoisotopic (exact) mass is 407 g/mol. The third-order valence-corrected chi connectivity index (χ3v) is 5.10. The fraction of sp³-hybridized carbons (Fsp3) is 0.0500. The molecular formula is C20H14FN5O2S. The number of benzene rings is 2. The van der Waals surface area contributed by atoms with Crippen molar-refractivity contribution in [3.05, 3.63) is 87.6 Å². The number of aryl methyl sites for hydroxylation is 1. The summed E-state index contributed by atoms with van der Waals surface area (Å²) in [5, 5.41) is 15.5. The van der Waals surface area contributed by atoms with Gasteiger partial charge < -0.3 is 5.32 Å². The number of thiophene rings is 1. The molecule has 0 bridgehead atoms. The highest BCUT2D eigenvalue weighted by Crippen LogP contribution is 2.22. The van der Waals surface area contributed by atoms with Crippen molar-refractivity contribution in [2.24, 2.45) is 0 Å². The molecule has 0 fully saturated rings. The Labute approximate surface area is 168 Å². The highest BCUT2D eigenvalue weighted by molar-refractivity contribution is 7.12. The Bertz CT molecular complexity index is 1200. The Morgan fingerprint density at radius 2 is 1.86 bits per heavy atom. The number of amides is 1. The second-order valence-electron chi connectivity index (χ2n) is 6.11. The van der Waals surface area contributed by atoms with Crippen molar-refractivity contribution in [2.75, 3.05) is 5.32 Å². The second kappa shape index (κ2) is 7.72. The molecule has 0 spiro atoms. The van der Waals surface area contributed by atoms with Gasteiger partial charge in [-0.05, 0) is 53.1 Å². The number of halogens is 1. The van der Waals surface area contributed by atoms with Gasteiger partial charge in [0.05, 0.1) is 21.8 Å². The molecular weight excluding hydrogens is 393 g/mol. The Morgan fingerprint density at radius 3 is 2.55 bits per heavy atom. The summed E-state index contributed by atoms with van der Waals surface area (Å²) in [7, 11) is 0. The van der Waals surface area contributed by atoms with Gasteiger partial charge in [-0.25, -0.2) is 4.39 Å². The zero-order valence-corrected chi connectivity index (χ0v) is 16.0. The molecule has 2 heterocycles. The summed E-state index contributed by atoms with van der Waals surface area (Å²) >= 11 is 1.29. The molecule has 29 heavy (non-hydrogen) atoms. The average molecular weight is 407 g/mol. The van der Waals surface area contributed by atoms with E-state index in [2.05, 4.69) is 20.8 Å². The normalized spacial score (nSPS) is 10.7. The summed E-state index contributed by atoms with van der Waals surface area (Å²) in [5.74, 6) is -0.949. The molecule has 0 unspecified atom stereocenters. The van der Waals surface area contributed by atoms with Gasteiger partial charge in [-0.1, -0.05) is 24.3 Å². The quantitative estimate of drug-likeness (QED) is 0.510. The highest BCUT2D eigenvalue weighted by atomic mass is 32.1. The molecule has 2 aromatic carbocycles. The summed E-state index contributed by atoms with van der Waals surface area (Å²) in [5.41, 5.74) is 0.863. The van der Waals surface area contributed by atoms with Crippen molar-refractivity contribution in [3.8, 4) is 5.69 Å². The molecule has 0 aliphatic rings. The largest absolute Gasteiger partial charge is 0.319 e. The number of carbonyl (C=O) groups excluding carboxylic acids is 2. The van der Waals surface area contributed by atoms with E-state index in [4.69, 9.17) is 0 Å². The van der Waals surface area contributed by atoms with Gasteiger partial charge >= 0.3 is 0 Å². The van der Waals surface area contributed by atoms with Crippen LogP contribution in [-0.2, 0) is 0 Å². The number of hydrogen-bond acceptors (Lipinski definition) is 6. The Kier molecular flexibility index (Phi) is 4.96. The summed E-state index contributed by atoms with van der Waals surface area (Å²) in [4.78, 5) is 26.1. The van der Waals surface area contributed by atoms with E-state index < -0.39 is 11.7 Å². The van der Waals surface area contributed by atoms with Crippen LogP contribution < -0.4 is 5.32 Å². The molecule has 0 atom stereocenters. The fourth-order valence-corrected chi connectivity index (χ4v) is 3.50. The molecule has 2 aromatic heterocycles. The van der Waals surface area contributed by atoms with Gasteiger partial charge in [0.15, 0.2) is 5.82 Å². The van der Waals surface area contributed by atoms with Crippen LogP contribution in [0.2, 0.25) is 0 Å². The van der Waals surface area contributed by atoms with Crippen LogP contribution in [0.1, 0.15) is 31.4 Å². The maximum Gasteiger partial charge on any atom is 0.256 e. The molecule has 9 heteroatoms. The molecule has 7 nitrogen and oxygen atoms in total. The van der Waals surface area contributed by atoms with Crippen LogP contribution in [0.25, 0.3) is 5.69 Å². The standard InChI is InChI=1S/C20H14FN5O2S/c1-12-23-24-25-26(12)13-8-9-16(21)17(11-13)22-20(28)15-6-3-2-5-14(15)19(27)18-7-4-10-29-18/h2-11H,1H3,(H,22,28). The Balaban J connectivity index is 1.66. The topological polar surface area (TPSA) is 89.8 Å². The van der Waals surface area contributed by atoms with Gasteiger partial charge in [0.1, 0.15) is 5.82 Å². The number of nitrogens with zero attached hydrogens (tertiary/aromatic N) is 4. The number of nitrogens with one attached hydrogen (secondary N) is 1. The van der Waals surface area contributed by atoms with E-state index in [0.717, 1.165) is 0 Å². The lowest BCUT2D eigenvalue weighted by Gasteiger charge is -2.11. The van der Waals surface area contributed by atoms with Gasteiger partial charge in [0.2, 0.25) is 5.78 Å². The number of ketones is 1. The van der Waals surface area contributed by atoms with Crippen molar-refractivity contribution in [2.45, 2.75) is 6.92 Å². The molecule has 4 aromatic rings. The first-order valence-corrected chi connectivity index (χ1v) is 9.46. The van der Waals surface area contributed by atoms with Crippen molar-refractivity contribution >= 4 is 28.7 Å². The van der Waals surface area contributed by atoms with Gasteiger partial charge in [-0.15, -0.1) is 16.4 Å². The van der Waals surface area contributed by atoms with Gasteiger partial charge in [-0.2, -0.15) is 4.68 Å². The average Bonchev–Trinajstić information content (AvgIpc) is 3.41. The molecule has 4 rings (SSSR count). The minimum atomic E-state index is -0.616. The molecule has 0 aliphatic carbocycles. The number of aromatic nitrogens is 4. The number of anilines is 1. The molecule has 0 saturated carbocycles. The van der Waals surface area contributed by atoms with E-state index in [1.807, 2.05) is 0 Å². The molecule has 0 radical (unpaired) electrons. The number of carbonyl (C=O) groups is 2. The summed E-state index contributed by atoms with van der Waals surface area (Å²) < 4.78 is 15.7. The first-order chi connectivity index (χ1) is 14.0. The second-order valence-corrected chi connectivity index (χ2v) is 7.06. The van der Waals surface area contributed by atoms with Crippen LogP contribution in [0.4, 0.5) is 10.1 Å². The summed E-state index contributed by atoms with van der Waals surface area (Å²) in [6.45, 7) is 1.70. The fourth-order valence-electron chi connectivity index (χ4n) is 2.82. The van der Waals surface area contributed by atoms with Gasteiger partial charge in [0.25, 0.3) is 5.91 Å². The van der Waals surface area contributed by atoms with E-state index in [1.165, 1.54) is 40.3 Å². The molecule has 0 saturated heterocycles. The lowest BCUT2D eigenvalue weighted by atomic mass is 10.0. The minimum Gasteiger partial charge on any atom is -0.319 e. The highest BCUT2D eigenvalue weighted by Gasteiger charge is 2.20. The van der Waals surface area contributed by atoms with Crippen LogP contribution >= 0.6 is 11.3 Å². The summed E-state index contributed by atoms with van der Waals surface area (Å²) in [6.07, 6.45) is 0. The number of rotatable bonds is 5. The zero-order chi connectivity index (χ0) is 20.4. The lowest BCUT2D eigenvalue weighted by Crippen LogP contribution is -2.17. The van der Waals surface area contributed by atoms with Crippen molar-refractivity contribution in [1.29, 1.82) is 0 Å². The maximum absolute atomic E-state index is 14.3. The van der Waals surface area contributed by atoms with E-state index >= 15 is 0 Å². The van der Waals surface area contributed by atoms with Gasteiger partial charge in [-0.3, -0.25) is 9.59 Å². The SMILES string of the molecule is Cc1nnnn1-c1ccc(F)c(NC(=O)c2ccccc2C(=O)c2cccs2)c1. The maximum atomic E-state index is 14.3. The van der Waals surface area contributed by atoms with E-state index in [0.29, 0.717) is 16.4 Å². The van der Waals surface area contributed by atoms with Crippen molar-refractivity contribution in [1.82, 2.24) is 20.2 Å². The number of tetrazole rings is 1. The van der Waals surface area contributed by atoms with E-state index in [1.54, 1.807) is 42.6 Å². The van der Waals surface area contributed by atoms with Crippen LogP contribution in [0.5, 0.6) is 0 Å². The van der Waals surface area contributed by atoms with Crippen molar-refractivity contribution < 1.29 is 14.0 Å². The molecule has 1 amide bonds. The van der Waals surface area contributed by atoms with Crippen LogP contribution in [0.3, 0.4) is 0 Å². The van der Waals surface area contributed by atoms with Crippen LogP contribution in [0.15, 0.2) is 60.0 Å². The van der Waals surface area contributed by atoms with E-state index in [9.17, 15) is 14.0 Å². The number of hydrogen-bond donors (Lipinski definition) is 1. The lowest BCUT2D eigenvalue weighted by molar-refractivity contribution is 0.0997. The minimum absolute atomic E-state index is 0.0409. The zero-order valence-electron chi connectivity index (χ0n) is 15.2. The predicted octanol–water partition coefficient (Wildman–Crippen LogP) is 3.65. The van der Waals surface area contributed by atoms with Crippen molar-refractivity contribution in [3.63, 3.8) is 0 Å². The first kappa shape index (κ1) is 18.6.